The number of thiazole rings is 1. The van der Waals surface area contributed by atoms with Crippen LogP contribution in [0.25, 0.3) is 10.2 Å². The summed E-state index contributed by atoms with van der Waals surface area (Å²) in [6.07, 6.45) is 1.79. The van der Waals surface area contributed by atoms with Crippen LogP contribution in [0.5, 0.6) is 0 Å². The summed E-state index contributed by atoms with van der Waals surface area (Å²) in [5.74, 6) is 0.593. The van der Waals surface area contributed by atoms with E-state index in [4.69, 9.17) is 5.73 Å². The fourth-order valence-corrected chi connectivity index (χ4v) is 2.24. The second-order valence-electron chi connectivity index (χ2n) is 4.33. The van der Waals surface area contributed by atoms with Gasteiger partial charge in [-0.1, -0.05) is 20.8 Å². The summed E-state index contributed by atoms with van der Waals surface area (Å²) in [6.45, 7) is 6.37. The molecule has 2 rings (SSSR count). The Hall–Kier alpha value is -1.16. The standard InChI is InChI=1S/C10H13N3S/c1-10(2,3)7-8-6(14-5-13-8)4-12-9(7)11/h4-5H,1-3H3,(H2,11,12). The summed E-state index contributed by atoms with van der Waals surface area (Å²) in [5.41, 5.74) is 9.76. The van der Waals surface area contributed by atoms with Crippen LogP contribution in [0.15, 0.2) is 11.7 Å². The molecular formula is C10H13N3S. The first kappa shape index (κ1) is 9.40. The Bertz CT molecular complexity index is 468. The molecule has 0 aliphatic rings. The minimum Gasteiger partial charge on any atom is -0.383 e. The van der Waals surface area contributed by atoms with Crippen molar-refractivity contribution in [2.45, 2.75) is 26.2 Å². The van der Waals surface area contributed by atoms with Gasteiger partial charge >= 0.3 is 0 Å². The van der Waals surface area contributed by atoms with Crippen LogP contribution in [0.1, 0.15) is 26.3 Å². The van der Waals surface area contributed by atoms with Crippen molar-refractivity contribution in [3.63, 3.8) is 0 Å². The molecule has 0 fully saturated rings. The molecule has 2 N–H and O–H groups in total. The van der Waals surface area contributed by atoms with E-state index in [1.54, 1.807) is 17.5 Å². The minimum absolute atomic E-state index is 0.00926. The lowest BCUT2D eigenvalue weighted by Gasteiger charge is -2.20. The van der Waals surface area contributed by atoms with Gasteiger partial charge in [0, 0.05) is 11.8 Å². The maximum Gasteiger partial charge on any atom is 0.129 e. The molecule has 0 saturated carbocycles. The van der Waals surface area contributed by atoms with Gasteiger partial charge in [-0.2, -0.15) is 0 Å². The lowest BCUT2D eigenvalue weighted by Crippen LogP contribution is -2.15. The molecule has 4 heteroatoms. The maximum atomic E-state index is 5.89. The number of pyridine rings is 1. The molecule has 0 atom stereocenters. The fourth-order valence-electron chi connectivity index (χ4n) is 1.59. The van der Waals surface area contributed by atoms with Crippen molar-refractivity contribution in [3.8, 4) is 0 Å². The predicted octanol–water partition coefficient (Wildman–Crippen LogP) is 2.57. The first-order valence-electron chi connectivity index (χ1n) is 4.48. The highest BCUT2D eigenvalue weighted by atomic mass is 32.1. The summed E-state index contributed by atoms with van der Waals surface area (Å²) < 4.78 is 1.10. The van der Waals surface area contributed by atoms with E-state index < -0.39 is 0 Å². The van der Waals surface area contributed by atoms with Crippen molar-refractivity contribution < 1.29 is 0 Å². The normalized spacial score (nSPS) is 12.2. The highest BCUT2D eigenvalue weighted by Crippen LogP contribution is 2.33. The smallest absolute Gasteiger partial charge is 0.129 e. The molecule has 0 aromatic carbocycles. The molecule has 0 unspecified atom stereocenters. The fraction of sp³-hybridized carbons (Fsp3) is 0.400. The molecule has 2 aromatic heterocycles. The molecule has 0 aliphatic heterocycles. The third kappa shape index (κ3) is 1.35. The van der Waals surface area contributed by atoms with E-state index in [0.717, 1.165) is 15.8 Å². The highest BCUT2D eigenvalue weighted by molar-refractivity contribution is 7.16. The van der Waals surface area contributed by atoms with Crippen molar-refractivity contribution in [2.24, 2.45) is 0 Å². The number of hydrogen-bond acceptors (Lipinski definition) is 4. The largest absolute Gasteiger partial charge is 0.383 e. The van der Waals surface area contributed by atoms with Crippen molar-refractivity contribution in [1.82, 2.24) is 9.97 Å². The van der Waals surface area contributed by atoms with E-state index in [0.29, 0.717) is 5.82 Å². The summed E-state index contributed by atoms with van der Waals surface area (Å²) in [7, 11) is 0. The first-order chi connectivity index (χ1) is 6.50. The van der Waals surface area contributed by atoms with Crippen LogP contribution >= 0.6 is 11.3 Å². The quantitative estimate of drug-likeness (QED) is 0.722. The Balaban J connectivity index is 2.83. The Kier molecular flexibility index (Phi) is 1.96. The van der Waals surface area contributed by atoms with E-state index in [2.05, 4.69) is 30.7 Å². The molecule has 0 bridgehead atoms. The van der Waals surface area contributed by atoms with Crippen LogP contribution < -0.4 is 5.73 Å². The van der Waals surface area contributed by atoms with Gasteiger partial charge in [0.25, 0.3) is 0 Å². The lowest BCUT2D eigenvalue weighted by atomic mass is 9.86. The van der Waals surface area contributed by atoms with E-state index in [1.165, 1.54) is 0 Å². The molecule has 0 amide bonds. The summed E-state index contributed by atoms with van der Waals surface area (Å²) in [6, 6.07) is 0. The zero-order chi connectivity index (χ0) is 10.3. The summed E-state index contributed by atoms with van der Waals surface area (Å²) in [5, 5.41) is 0. The minimum atomic E-state index is -0.00926. The van der Waals surface area contributed by atoms with Crippen LogP contribution in [0.2, 0.25) is 0 Å². The number of hydrogen-bond donors (Lipinski definition) is 1. The van der Waals surface area contributed by atoms with Gasteiger partial charge in [0.15, 0.2) is 0 Å². The van der Waals surface area contributed by atoms with Gasteiger partial charge in [0.1, 0.15) is 5.82 Å². The number of fused-ring (bicyclic) bond motifs is 1. The SMILES string of the molecule is CC(C)(C)c1c(N)ncc2scnc12. The van der Waals surface area contributed by atoms with Crippen LogP contribution in [-0.2, 0) is 5.41 Å². The number of nitrogens with two attached hydrogens (primary N) is 1. The number of nitrogen functional groups attached to an aromatic ring is 1. The summed E-state index contributed by atoms with van der Waals surface area (Å²) >= 11 is 1.60. The average Bonchev–Trinajstić information content (AvgIpc) is 2.48. The number of nitrogens with zero attached hydrogens (tertiary/aromatic N) is 2. The van der Waals surface area contributed by atoms with E-state index in [-0.39, 0.29) is 5.41 Å². The van der Waals surface area contributed by atoms with E-state index >= 15 is 0 Å². The highest BCUT2D eigenvalue weighted by Gasteiger charge is 2.22. The second kappa shape index (κ2) is 2.92. The monoisotopic (exact) mass is 207 g/mol. The Morgan fingerprint density at radius 3 is 2.64 bits per heavy atom. The molecule has 0 radical (unpaired) electrons. The second-order valence-corrected chi connectivity index (χ2v) is 5.22. The Morgan fingerprint density at radius 1 is 1.29 bits per heavy atom. The van der Waals surface area contributed by atoms with Gasteiger partial charge in [-0.3, -0.25) is 0 Å². The van der Waals surface area contributed by atoms with Gasteiger partial charge < -0.3 is 5.73 Å². The van der Waals surface area contributed by atoms with Crippen molar-refractivity contribution in [1.29, 1.82) is 0 Å². The van der Waals surface area contributed by atoms with Crippen molar-refractivity contribution >= 4 is 27.4 Å². The third-order valence-corrected chi connectivity index (χ3v) is 2.92. The van der Waals surface area contributed by atoms with Crippen LogP contribution in [0.3, 0.4) is 0 Å². The van der Waals surface area contributed by atoms with Crippen molar-refractivity contribution in [3.05, 3.63) is 17.3 Å². The van der Waals surface area contributed by atoms with Crippen molar-refractivity contribution in [2.75, 3.05) is 5.73 Å². The number of anilines is 1. The topological polar surface area (TPSA) is 51.8 Å². The maximum absolute atomic E-state index is 5.89. The Labute approximate surface area is 87.0 Å². The van der Waals surface area contributed by atoms with Crippen LogP contribution in [-0.4, -0.2) is 9.97 Å². The van der Waals surface area contributed by atoms with Crippen LogP contribution in [0, 0.1) is 0 Å². The molecule has 0 aliphatic carbocycles. The zero-order valence-corrected chi connectivity index (χ0v) is 9.35. The predicted molar refractivity (Wildman–Crippen MR) is 60.5 cm³/mol. The van der Waals surface area contributed by atoms with Gasteiger partial charge in [-0.05, 0) is 5.41 Å². The molecule has 3 nitrogen and oxygen atoms in total. The molecule has 74 valence electrons. The number of aromatic nitrogens is 2. The first-order valence-corrected chi connectivity index (χ1v) is 5.36. The van der Waals surface area contributed by atoms with Gasteiger partial charge in [0.05, 0.1) is 15.7 Å². The van der Waals surface area contributed by atoms with E-state index in [1.807, 2.05) is 5.51 Å². The zero-order valence-electron chi connectivity index (χ0n) is 8.53. The molecular weight excluding hydrogens is 194 g/mol. The molecule has 14 heavy (non-hydrogen) atoms. The molecule has 0 saturated heterocycles. The number of rotatable bonds is 0. The van der Waals surface area contributed by atoms with E-state index in [9.17, 15) is 0 Å². The third-order valence-electron chi connectivity index (χ3n) is 2.16. The Morgan fingerprint density at radius 2 is 2.00 bits per heavy atom. The molecule has 2 heterocycles. The molecule has 2 aromatic rings. The summed E-state index contributed by atoms with van der Waals surface area (Å²) in [4.78, 5) is 8.54. The molecule has 0 spiro atoms. The lowest BCUT2D eigenvalue weighted by molar-refractivity contribution is 0.595. The van der Waals surface area contributed by atoms with Gasteiger partial charge in [0.2, 0.25) is 0 Å². The van der Waals surface area contributed by atoms with Crippen LogP contribution in [0.4, 0.5) is 5.82 Å². The average molecular weight is 207 g/mol. The van der Waals surface area contributed by atoms with Gasteiger partial charge in [-0.25, -0.2) is 9.97 Å². The van der Waals surface area contributed by atoms with Gasteiger partial charge in [-0.15, -0.1) is 11.3 Å².